The van der Waals surface area contributed by atoms with E-state index in [2.05, 4.69) is 57.5 Å². The standard InChI is InChI=1S/C26H38N2O3Si/c1-16(2)32(17(3)4,18(5)6)31-26-15-28-12-10-19(26)13-24(28)25(30-26)21-9-11-27-23-8-7-20(29)14-22(21)23/h7-9,11,14,16-19,24-25,29H,10,12-13,15H2,1-6H3/t19-,24+,25-,26+/m0/s1. The van der Waals surface area contributed by atoms with Crippen molar-refractivity contribution in [1.29, 1.82) is 0 Å². The number of nitrogens with zero attached hydrogens (tertiary/aromatic N) is 2. The molecule has 5 fully saturated rings. The van der Waals surface area contributed by atoms with Gasteiger partial charge in [-0.05, 0) is 65.8 Å². The normalized spacial score (nSPS) is 32.0. The minimum atomic E-state index is -2.12. The lowest BCUT2D eigenvalue weighted by atomic mass is 9.73. The van der Waals surface area contributed by atoms with E-state index >= 15 is 0 Å². The number of phenols is 1. The van der Waals surface area contributed by atoms with Crippen LogP contribution in [0.15, 0.2) is 30.5 Å². The Morgan fingerprint density at radius 1 is 1.12 bits per heavy atom. The number of rotatable bonds is 6. The highest BCUT2D eigenvalue weighted by atomic mass is 28.4. The number of morpholine rings is 1. The molecule has 4 bridgehead atoms. The van der Waals surface area contributed by atoms with Crippen LogP contribution in [0.4, 0.5) is 0 Å². The first-order valence-electron chi connectivity index (χ1n) is 12.4. The molecule has 1 unspecified atom stereocenters. The summed E-state index contributed by atoms with van der Waals surface area (Å²) < 4.78 is 14.6. The Morgan fingerprint density at radius 2 is 1.84 bits per heavy atom. The average molecular weight is 455 g/mol. The first kappa shape index (κ1) is 22.3. The summed E-state index contributed by atoms with van der Waals surface area (Å²) in [5, 5.41) is 11.2. The van der Waals surface area contributed by atoms with E-state index in [4.69, 9.17) is 9.16 Å². The number of aromatic hydroxyl groups is 1. The minimum Gasteiger partial charge on any atom is -0.508 e. The van der Waals surface area contributed by atoms with E-state index in [0.717, 1.165) is 42.4 Å². The average Bonchev–Trinajstić information content (AvgIpc) is 2.76. The Hall–Kier alpha value is -1.47. The molecule has 1 N–H and O–H groups in total. The van der Waals surface area contributed by atoms with Crippen LogP contribution in [-0.2, 0) is 9.16 Å². The van der Waals surface area contributed by atoms with Gasteiger partial charge in [-0.3, -0.25) is 9.88 Å². The summed E-state index contributed by atoms with van der Waals surface area (Å²) in [4.78, 5) is 7.14. The summed E-state index contributed by atoms with van der Waals surface area (Å²) in [7, 11) is -2.12. The number of hydrogen-bond donors (Lipinski definition) is 1. The highest BCUT2D eigenvalue weighted by Crippen LogP contribution is 2.57. The smallest absolute Gasteiger partial charge is 0.204 e. The van der Waals surface area contributed by atoms with Crippen molar-refractivity contribution >= 4 is 19.2 Å². The van der Waals surface area contributed by atoms with Crippen molar-refractivity contribution < 1.29 is 14.3 Å². The van der Waals surface area contributed by atoms with Gasteiger partial charge in [0.05, 0.1) is 12.1 Å². The number of aromatic nitrogens is 1. The van der Waals surface area contributed by atoms with E-state index in [-0.39, 0.29) is 11.9 Å². The quantitative estimate of drug-likeness (QED) is 0.543. The molecule has 5 saturated heterocycles. The van der Waals surface area contributed by atoms with E-state index in [1.54, 1.807) is 6.07 Å². The van der Waals surface area contributed by atoms with Gasteiger partial charge in [-0.15, -0.1) is 0 Å². The van der Waals surface area contributed by atoms with E-state index in [0.29, 0.717) is 28.6 Å². The Balaban J connectivity index is 1.59. The number of phenolic OH excluding ortho intramolecular Hbond substituents is 1. The van der Waals surface area contributed by atoms with Crippen LogP contribution in [0.1, 0.15) is 66.1 Å². The predicted octanol–water partition coefficient (Wildman–Crippen LogP) is 5.99. The molecule has 5 atom stereocenters. The second-order valence-corrected chi connectivity index (χ2v) is 16.5. The summed E-state index contributed by atoms with van der Waals surface area (Å²) in [5.74, 6) is 0.194. The molecule has 32 heavy (non-hydrogen) atoms. The molecule has 0 amide bonds. The fourth-order valence-electron chi connectivity index (χ4n) is 7.26. The van der Waals surface area contributed by atoms with Gasteiger partial charge in [0.25, 0.3) is 0 Å². The molecule has 0 spiro atoms. The van der Waals surface area contributed by atoms with Crippen LogP contribution in [-0.4, -0.2) is 48.2 Å². The maximum atomic E-state index is 10.2. The highest BCUT2D eigenvalue weighted by Gasteiger charge is 2.64. The van der Waals surface area contributed by atoms with Gasteiger partial charge in [0, 0.05) is 23.5 Å². The van der Waals surface area contributed by atoms with Gasteiger partial charge in [-0.25, -0.2) is 0 Å². The summed E-state index contributed by atoms with van der Waals surface area (Å²) in [5.41, 5.74) is 3.58. The molecule has 5 nitrogen and oxygen atoms in total. The van der Waals surface area contributed by atoms with Gasteiger partial charge in [-0.1, -0.05) is 41.5 Å². The summed E-state index contributed by atoms with van der Waals surface area (Å²) >= 11 is 0. The zero-order chi connectivity index (χ0) is 22.8. The van der Waals surface area contributed by atoms with E-state index in [1.165, 1.54) is 0 Å². The van der Waals surface area contributed by atoms with Gasteiger partial charge in [0.15, 0.2) is 5.79 Å². The third kappa shape index (κ3) is 3.17. The Labute approximate surface area is 193 Å². The van der Waals surface area contributed by atoms with Gasteiger partial charge < -0.3 is 14.3 Å². The minimum absolute atomic E-state index is 0.0641. The van der Waals surface area contributed by atoms with E-state index in [1.807, 2.05) is 18.3 Å². The molecule has 174 valence electrons. The fourth-order valence-corrected chi connectivity index (χ4v) is 12.8. The lowest BCUT2D eigenvalue weighted by Crippen LogP contribution is -2.74. The third-order valence-electron chi connectivity index (χ3n) is 8.60. The van der Waals surface area contributed by atoms with Crippen molar-refractivity contribution in [2.75, 3.05) is 13.1 Å². The first-order valence-corrected chi connectivity index (χ1v) is 14.5. The van der Waals surface area contributed by atoms with Crippen molar-refractivity contribution in [2.24, 2.45) is 5.92 Å². The Kier molecular flexibility index (Phi) is 5.44. The zero-order valence-electron chi connectivity index (χ0n) is 20.3. The molecule has 0 aliphatic carbocycles. The maximum Gasteiger partial charge on any atom is 0.204 e. The van der Waals surface area contributed by atoms with Crippen molar-refractivity contribution in [3.8, 4) is 5.75 Å². The van der Waals surface area contributed by atoms with Gasteiger partial charge in [0.2, 0.25) is 8.32 Å². The number of benzene rings is 1. The molecule has 0 saturated carbocycles. The second kappa shape index (κ2) is 7.79. The summed E-state index contributed by atoms with van der Waals surface area (Å²) in [6.07, 6.45) is 4.08. The number of piperidine rings is 3. The number of hydrogen-bond acceptors (Lipinski definition) is 5. The van der Waals surface area contributed by atoms with Crippen molar-refractivity contribution in [1.82, 2.24) is 9.88 Å². The third-order valence-corrected chi connectivity index (χ3v) is 14.7. The highest BCUT2D eigenvalue weighted by molar-refractivity contribution is 6.77. The van der Waals surface area contributed by atoms with Gasteiger partial charge in [-0.2, -0.15) is 0 Å². The van der Waals surface area contributed by atoms with Gasteiger partial charge >= 0.3 is 0 Å². The van der Waals surface area contributed by atoms with Crippen molar-refractivity contribution in [3.63, 3.8) is 0 Å². The molecule has 5 aliphatic rings. The molecule has 0 radical (unpaired) electrons. The van der Waals surface area contributed by atoms with Crippen LogP contribution in [0.5, 0.6) is 5.75 Å². The fraction of sp³-hybridized carbons (Fsp3) is 0.654. The second-order valence-electron chi connectivity index (χ2n) is 11.1. The molecular weight excluding hydrogens is 416 g/mol. The van der Waals surface area contributed by atoms with E-state index < -0.39 is 14.1 Å². The van der Waals surface area contributed by atoms with Crippen LogP contribution in [0.25, 0.3) is 10.9 Å². The van der Waals surface area contributed by atoms with Gasteiger partial charge in [0.1, 0.15) is 11.9 Å². The van der Waals surface area contributed by atoms with Crippen LogP contribution in [0.3, 0.4) is 0 Å². The maximum absolute atomic E-state index is 10.2. The number of ether oxygens (including phenoxy) is 1. The number of fused-ring (bicyclic) bond motifs is 3. The molecular formula is C26H38N2O3Si. The Morgan fingerprint density at radius 3 is 2.47 bits per heavy atom. The topological polar surface area (TPSA) is 54.8 Å². The molecule has 7 rings (SSSR count). The zero-order valence-corrected chi connectivity index (χ0v) is 21.3. The molecule has 6 heterocycles. The summed E-state index contributed by atoms with van der Waals surface area (Å²) in [6.45, 7) is 16.1. The Bertz CT molecular complexity index is 988. The molecule has 6 heteroatoms. The van der Waals surface area contributed by atoms with Crippen molar-refractivity contribution in [3.05, 3.63) is 36.0 Å². The lowest BCUT2D eigenvalue weighted by molar-refractivity contribution is -0.353. The predicted molar refractivity (Wildman–Crippen MR) is 130 cm³/mol. The molecule has 1 aromatic carbocycles. The molecule has 5 aliphatic heterocycles. The first-order chi connectivity index (χ1) is 15.2. The summed E-state index contributed by atoms with van der Waals surface area (Å²) in [6, 6.07) is 7.87. The number of pyridine rings is 1. The molecule has 1 aromatic heterocycles. The molecule has 2 aromatic rings. The van der Waals surface area contributed by atoms with Crippen LogP contribution < -0.4 is 0 Å². The van der Waals surface area contributed by atoms with Crippen LogP contribution in [0, 0.1) is 5.92 Å². The van der Waals surface area contributed by atoms with Crippen LogP contribution >= 0.6 is 0 Å². The SMILES string of the molecule is CC(C)[Si](O[C@]12CN3CC[C@H]1C[C@@H]3[C@H](c1ccnc3ccc(O)cc13)O2)(C(C)C)C(C)C. The van der Waals surface area contributed by atoms with Crippen molar-refractivity contribution in [2.45, 2.75) is 88.9 Å². The largest absolute Gasteiger partial charge is 0.508 e. The lowest BCUT2D eigenvalue weighted by Gasteiger charge is -2.65. The monoisotopic (exact) mass is 454 g/mol. The van der Waals surface area contributed by atoms with E-state index in [9.17, 15) is 5.11 Å². The van der Waals surface area contributed by atoms with Crippen LogP contribution in [0.2, 0.25) is 16.6 Å².